The molecule has 158 valence electrons. The molecule has 0 saturated heterocycles. The first kappa shape index (κ1) is 21.0. The van der Waals surface area contributed by atoms with Gasteiger partial charge < -0.3 is 18.9 Å². The van der Waals surface area contributed by atoms with Crippen LogP contribution >= 0.6 is 0 Å². The van der Waals surface area contributed by atoms with Gasteiger partial charge in [0.2, 0.25) is 11.7 Å². The largest absolute Gasteiger partial charge is 0.493 e. The minimum Gasteiger partial charge on any atom is -0.493 e. The fourth-order valence-electron chi connectivity index (χ4n) is 3.35. The Morgan fingerprint density at radius 1 is 1.00 bits per heavy atom. The van der Waals surface area contributed by atoms with Crippen molar-refractivity contribution in [2.24, 2.45) is 0 Å². The normalized spacial score (nSPS) is 15.1. The van der Waals surface area contributed by atoms with Gasteiger partial charge in [0.05, 0.1) is 34.9 Å². The van der Waals surface area contributed by atoms with Crippen LogP contribution in [-0.4, -0.2) is 51.2 Å². The minimum absolute atomic E-state index is 0.0409. The first-order valence-corrected chi connectivity index (χ1v) is 9.03. The molecule has 0 radical (unpaired) electrons. The van der Waals surface area contributed by atoms with Gasteiger partial charge in [0.15, 0.2) is 17.5 Å². The molecule has 1 aliphatic heterocycles. The molecule has 0 aliphatic carbocycles. The molecular weight excluding hydrogens is 392 g/mol. The zero-order valence-electron chi connectivity index (χ0n) is 17.1. The highest BCUT2D eigenvalue weighted by Crippen LogP contribution is 2.38. The van der Waals surface area contributed by atoms with Crippen LogP contribution in [0, 0.1) is 0 Å². The van der Waals surface area contributed by atoms with Crippen LogP contribution in [0.4, 0.5) is 0 Å². The molecule has 1 N–H and O–H groups in total. The molecule has 2 aromatic carbocycles. The van der Waals surface area contributed by atoms with Crippen LogP contribution in [0.15, 0.2) is 36.4 Å². The number of fused-ring (bicyclic) bond motifs is 1. The molecule has 0 fully saturated rings. The molecule has 1 atom stereocenters. The number of benzene rings is 2. The number of nitrogens with zero attached hydrogens (tertiary/aromatic N) is 1. The quantitative estimate of drug-likeness (QED) is 0.717. The van der Waals surface area contributed by atoms with E-state index < -0.39 is 23.8 Å². The van der Waals surface area contributed by atoms with Gasteiger partial charge in [-0.05, 0) is 23.3 Å². The third-order valence-electron chi connectivity index (χ3n) is 4.79. The van der Waals surface area contributed by atoms with Crippen molar-refractivity contribution in [2.75, 3.05) is 28.4 Å². The molecule has 0 aromatic heterocycles. The van der Waals surface area contributed by atoms with Crippen LogP contribution in [0.25, 0.3) is 0 Å². The Morgan fingerprint density at radius 2 is 1.63 bits per heavy atom. The average Bonchev–Trinajstić information content (AvgIpc) is 2.77. The van der Waals surface area contributed by atoms with Crippen molar-refractivity contribution in [3.8, 4) is 17.2 Å². The van der Waals surface area contributed by atoms with Crippen molar-refractivity contribution < 1.29 is 33.3 Å². The predicted octanol–water partition coefficient (Wildman–Crippen LogP) is 1.66. The number of ether oxygens (including phenoxy) is 4. The second kappa shape index (κ2) is 8.73. The molecule has 0 bridgehead atoms. The molecule has 0 spiro atoms. The average molecular weight is 414 g/mol. The van der Waals surface area contributed by atoms with Crippen LogP contribution in [0.1, 0.15) is 27.5 Å². The van der Waals surface area contributed by atoms with E-state index >= 15 is 0 Å². The number of hydrogen-bond acceptors (Lipinski definition) is 7. The maximum atomic E-state index is 13.0. The van der Waals surface area contributed by atoms with Gasteiger partial charge >= 0.3 is 5.97 Å². The number of carbonyl (C=O) groups excluding carboxylic acids is 3. The van der Waals surface area contributed by atoms with Crippen LogP contribution < -0.4 is 19.6 Å². The molecule has 2 amide bonds. The van der Waals surface area contributed by atoms with Crippen molar-refractivity contribution >= 4 is 17.8 Å². The lowest BCUT2D eigenvalue weighted by Gasteiger charge is -2.35. The molecular formula is C21H22N2O7. The van der Waals surface area contributed by atoms with Crippen molar-refractivity contribution in [3.05, 3.63) is 53.1 Å². The SMILES string of the molecule is COC(=O)C1c2ccccc2CC(=O)N1NC(=O)c1cc(OC)c(OC)c(OC)c1. The first-order valence-electron chi connectivity index (χ1n) is 9.03. The summed E-state index contributed by atoms with van der Waals surface area (Å²) in [4.78, 5) is 38.2. The van der Waals surface area contributed by atoms with E-state index in [2.05, 4.69) is 5.43 Å². The molecule has 30 heavy (non-hydrogen) atoms. The zero-order chi connectivity index (χ0) is 21.8. The van der Waals surface area contributed by atoms with Crippen LogP contribution in [-0.2, 0) is 20.7 Å². The van der Waals surface area contributed by atoms with Gasteiger partial charge in [0, 0.05) is 5.56 Å². The summed E-state index contributed by atoms with van der Waals surface area (Å²) in [6.45, 7) is 0. The fourth-order valence-corrected chi connectivity index (χ4v) is 3.35. The van der Waals surface area contributed by atoms with E-state index in [1.807, 2.05) is 0 Å². The first-order chi connectivity index (χ1) is 14.4. The van der Waals surface area contributed by atoms with Crippen molar-refractivity contribution in [3.63, 3.8) is 0 Å². The summed E-state index contributed by atoms with van der Waals surface area (Å²) in [5.41, 5.74) is 3.97. The van der Waals surface area contributed by atoms with E-state index in [0.717, 1.165) is 5.01 Å². The summed E-state index contributed by atoms with van der Waals surface area (Å²) >= 11 is 0. The highest BCUT2D eigenvalue weighted by Gasteiger charge is 2.39. The number of rotatable bonds is 6. The number of methoxy groups -OCH3 is 4. The van der Waals surface area contributed by atoms with E-state index in [-0.39, 0.29) is 23.5 Å². The number of carbonyl (C=O) groups is 3. The van der Waals surface area contributed by atoms with Crippen LogP contribution in [0.3, 0.4) is 0 Å². The predicted molar refractivity (Wildman–Crippen MR) is 105 cm³/mol. The van der Waals surface area contributed by atoms with E-state index in [1.165, 1.54) is 40.6 Å². The molecule has 1 heterocycles. The molecule has 9 heteroatoms. The van der Waals surface area contributed by atoms with Gasteiger partial charge in [-0.15, -0.1) is 0 Å². The molecule has 1 unspecified atom stereocenters. The lowest BCUT2D eigenvalue weighted by molar-refractivity contribution is -0.156. The Labute approximate surface area is 173 Å². The Hall–Kier alpha value is -3.75. The van der Waals surface area contributed by atoms with E-state index in [4.69, 9.17) is 18.9 Å². The number of esters is 1. The van der Waals surface area contributed by atoms with Crippen LogP contribution in [0.5, 0.6) is 17.2 Å². The summed E-state index contributed by atoms with van der Waals surface area (Å²) in [6, 6.07) is 8.83. The Morgan fingerprint density at radius 3 is 2.20 bits per heavy atom. The third kappa shape index (κ3) is 3.73. The fraction of sp³-hybridized carbons (Fsp3) is 0.286. The number of hydrogen-bond donors (Lipinski definition) is 1. The van der Waals surface area contributed by atoms with E-state index in [9.17, 15) is 14.4 Å². The van der Waals surface area contributed by atoms with Gasteiger partial charge in [-0.2, -0.15) is 0 Å². The Balaban J connectivity index is 1.97. The molecule has 2 aromatic rings. The lowest BCUT2D eigenvalue weighted by atomic mass is 9.93. The maximum Gasteiger partial charge on any atom is 0.335 e. The molecule has 9 nitrogen and oxygen atoms in total. The molecule has 3 rings (SSSR count). The highest BCUT2D eigenvalue weighted by atomic mass is 16.5. The Kier molecular flexibility index (Phi) is 6.10. The van der Waals surface area contributed by atoms with Gasteiger partial charge in [0.1, 0.15) is 0 Å². The minimum atomic E-state index is -1.10. The number of hydrazine groups is 1. The van der Waals surface area contributed by atoms with Gasteiger partial charge in [-0.25, -0.2) is 9.80 Å². The third-order valence-corrected chi connectivity index (χ3v) is 4.79. The number of amides is 2. The Bertz CT molecular complexity index is 964. The maximum absolute atomic E-state index is 13.0. The topological polar surface area (TPSA) is 103 Å². The molecule has 0 saturated carbocycles. The summed E-state index contributed by atoms with van der Waals surface area (Å²) < 4.78 is 20.7. The second-order valence-corrected chi connectivity index (χ2v) is 6.42. The highest BCUT2D eigenvalue weighted by molar-refractivity contribution is 5.98. The lowest BCUT2D eigenvalue weighted by Crippen LogP contribution is -2.53. The van der Waals surface area contributed by atoms with Crippen molar-refractivity contribution in [1.82, 2.24) is 10.4 Å². The van der Waals surface area contributed by atoms with Crippen molar-refractivity contribution in [2.45, 2.75) is 12.5 Å². The summed E-state index contributed by atoms with van der Waals surface area (Å²) in [5, 5.41) is 1.000. The van der Waals surface area contributed by atoms with Crippen LogP contribution in [0.2, 0.25) is 0 Å². The monoisotopic (exact) mass is 414 g/mol. The van der Waals surface area contributed by atoms with Gasteiger partial charge in [0.25, 0.3) is 5.91 Å². The second-order valence-electron chi connectivity index (χ2n) is 6.42. The smallest absolute Gasteiger partial charge is 0.335 e. The standard InChI is InChI=1S/C21H22N2O7/c1-27-15-9-13(10-16(28-2)19(15)29-3)20(25)22-23-17(24)11-12-7-5-6-8-14(12)18(23)21(26)30-4/h5-10,18H,11H2,1-4H3,(H,22,25). The number of nitrogens with one attached hydrogen (secondary N) is 1. The van der Waals surface area contributed by atoms with Crippen molar-refractivity contribution in [1.29, 1.82) is 0 Å². The van der Waals surface area contributed by atoms with E-state index in [0.29, 0.717) is 16.9 Å². The summed E-state index contributed by atoms with van der Waals surface area (Å²) in [6.07, 6.45) is 0.0409. The zero-order valence-corrected chi connectivity index (χ0v) is 17.1. The summed E-state index contributed by atoms with van der Waals surface area (Å²) in [5.74, 6) is -0.850. The summed E-state index contributed by atoms with van der Waals surface area (Å²) in [7, 11) is 5.53. The van der Waals surface area contributed by atoms with Gasteiger partial charge in [-0.1, -0.05) is 24.3 Å². The van der Waals surface area contributed by atoms with E-state index in [1.54, 1.807) is 24.3 Å². The van der Waals surface area contributed by atoms with Gasteiger partial charge in [-0.3, -0.25) is 15.0 Å². The molecule has 1 aliphatic rings.